The van der Waals surface area contributed by atoms with E-state index in [1.165, 1.54) is 0 Å². The van der Waals surface area contributed by atoms with Crippen molar-refractivity contribution in [2.45, 2.75) is 31.2 Å². The van der Waals surface area contributed by atoms with E-state index in [0.717, 1.165) is 17.7 Å². The number of carboxylic acids is 1. The number of rotatable bonds is 5. The maximum atomic E-state index is 11.0. The van der Waals surface area contributed by atoms with Gasteiger partial charge in [-0.3, -0.25) is 4.79 Å². The molecule has 0 spiro atoms. The van der Waals surface area contributed by atoms with Crippen LogP contribution in [-0.2, 0) is 4.79 Å². The second kappa shape index (κ2) is 4.37. The Morgan fingerprint density at radius 3 is 3.00 bits per heavy atom. The SMILES string of the molecule is CCCOc1cccc(C2CC2(N)C(=O)O)c1. The highest BCUT2D eigenvalue weighted by molar-refractivity contribution is 5.84. The van der Waals surface area contributed by atoms with Crippen molar-refractivity contribution in [3.8, 4) is 5.75 Å². The summed E-state index contributed by atoms with van der Waals surface area (Å²) in [5.41, 5.74) is 5.64. The third-order valence-electron chi connectivity index (χ3n) is 3.14. The van der Waals surface area contributed by atoms with Gasteiger partial charge in [0, 0.05) is 5.92 Å². The van der Waals surface area contributed by atoms with E-state index in [9.17, 15) is 4.79 Å². The molecule has 2 unspecified atom stereocenters. The summed E-state index contributed by atoms with van der Waals surface area (Å²) in [6.07, 6.45) is 1.45. The van der Waals surface area contributed by atoms with E-state index in [2.05, 4.69) is 0 Å². The highest BCUT2D eigenvalue weighted by Gasteiger charge is 2.58. The average Bonchev–Trinajstić information content (AvgIpc) is 3.01. The van der Waals surface area contributed by atoms with Crippen molar-refractivity contribution in [3.05, 3.63) is 29.8 Å². The highest BCUT2D eigenvalue weighted by Crippen LogP contribution is 2.50. The van der Waals surface area contributed by atoms with Gasteiger partial charge >= 0.3 is 5.97 Å². The third-order valence-corrected chi connectivity index (χ3v) is 3.14. The van der Waals surface area contributed by atoms with E-state index >= 15 is 0 Å². The molecule has 17 heavy (non-hydrogen) atoms. The van der Waals surface area contributed by atoms with Gasteiger partial charge < -0.3 is 15.6 Å². The van der Waals surface area contributed by atoms with Gasteiger partial charge in [0.15, 0.2) is 0 Å². The molecular weight excluding hydrogens is 218 g/mol. The molecule has 2 atom stereocenters. The molecular formula is C13H17NO3. The minimum atomic E-state index is -1.08. The van der Waals surface area contributed by atoms with E-state index in [1.54, 1.807) is 0 Å². The molecule has 3 N–H and O–H groups in total. The first-order chi connectivity index (χ1) is 8.08. The molecule has 1 aliphatic rings. The molecule has 92 valence electrons. The van der Waals surface area contributed by atoms with Gasteiger partial charge in [-0.15, -0.1) is 0 Å². The Bertz CT molecular complexity index is 432. The maximum Gasteiger partial charge on any atom is 0.324 e. The van der Waals surface area contributed by atoms with Crippen LogP contribution in [0.15, 0.2) is 24.3 Å². The van der Waals surface area contributed by atoms with E-state index in [4.69, 9.17) is 15.6 Å². The summed E-state index contributed by atoms with van der Waals surface area (Å²) in [4.78, 5) is 11.0. The van der Waals surface area contributed by atoms with Crippen molar-refractivity contribution in [1.29, 1.82) is 0 Å². The molecule has 4 heteroatoms. The number of aliphatic carboxylic acids is 1. The molecule has 1 aromatic rings. The first-order valence-electron chi connectivity index (χ1n) is 5.83. The molecule has 4 nitrogen and oxygen atoms in total. The van der Waals surface area contributed by atoms with Crippen LogP contribution in [0.5, 0.6) is 5.75 Å². The van der Waals surface area contributed by atoms with Crippen LogP contribution in [0.4, 0.5) is 0 Å². The van der Waals surface area contributed by atoms with Crippen LogP contribution >= 0.6 is 0 Å². The Kier molecular flexibility index (Phi) is 3.07. The smallest absolute Gasteiger partial charge is 0.324 e. The summed E-state index contributed by atoms with van der Waals surface area (Å²) in [5, 5.41) is 9.00. The van der Waals surface area contributed by atoms with Crippen LogP contribution in [-0.4, -0.2) is 23.2 Å². The van der Waals surface area contributed by atoms with Crippen LogP contribution in [0.3, 0.4) is 0 Å². The predicted octanol–water partition coefficient (Wildman–Crippen LogP) is 1.74. The van der Waals surface area contributed by atoms with Crippen LogP contribution in [0.2, 0.25) is 0 Å². The summed E-state index contributed by atoms with van der Waals surface area (Å²) in [6, 6.07) is 7.54. The van der Waals surface area contributed by atoms with Gasteiger partial charge in [0.05, 0.1) is 6.61 Å². The normalized spacial score (nSPS) is 26.6. The quantitative estimate of drug-likeness (QED) is 0.815. The Hall–Kier alpha value is -1.55. The van der Waals surface area contributed by atoms with Gasteiger partial charge in [-0.05, 0) is 30.5 Å². The molecule has 0 aliphatic heterocycles. The lowest BCUT2D eigenvalue weighted by Crippen LogP contribution is -2.34. The van der Waals surface area contributed by atoms with Crippen molar-refractivity contribution >= 4 is 5.97 Å². The number of hydrogen-bond donors (Lipinski definition) is 2. The van der Waals surface area contributed by atoms with Crippen LogP contribution in [0.1, 0.15) is 31.2 Å². The lowest BCUT2D eigenvalue weighted by Gasteiger charge is -2.08. The Morgan fingerprint density at radius 1 is 1.65 bits per heavy atom. The molecule has 1 fully saturated rings. The van der Waals surface area contributed by atoms with Crippen molar-refractivity contribution in [2.24, 2.45) is 5.73 Å². The lowest BCUT2D eigenvalue weighted by atomic mass is 10.1. The van der Waals surface area contributed by atoms with Crippen molar-refractivity contribution < 1.29 is 14.6 Å². The van der Waals surface area contributed by atoms with E-state index in [-0.39, 0.29) is 5.92 Å². The molecule has 0 radical (unpaired) electrons. The van der Waals surface area contributed by atoms with E-state index in [1.807, 2.05) is 31.2 Å². The molecule has 1 aromatic carbocycles. The van der Waals surface area contributed by atoms with Gasteiger partial charge in [-0.2, -0.15) is 0 Å². The van der Waals surface area contributed by atoms with Crippen molar-refractivity contribution in [1.82, 2.24) is 0 Å². The summed E-state index contributed by atoms with van der Waals surface area (Å²) in [5.74, 6) is -0.239. The van der Waals surface area contributed by atoms with Gasteiger partial charge in [0.25, 0.3) is 0 Å². The fourth-order valence-electron chi connectivity index (χ4n) is 1.97. The number of benzene rings is 1. The fourth-order valence-corrected chi connectivity index (χ4v) is 1.97. The van der Waals surface area contributed by atoms with Crippen LogP contribution in [0.25, 0.3) is 0 Å². The number of hydrogen-bond acceptors (Lipinski definition) is 3. The lowest BCUT2D eigenvalue weighted by molar-refractivity contribution is -0.139. The van der Waals surface area contributed by atoms with Crippen LogP contribution < -0.4 is 10.5 Å². The maximum absolute atomic E-state index is 11.0. The largest absolute Gasteiger partial charge is 0.494 e. The number of ether oxygens (including phenoxy) is 1. The minimum absolute atomic E-state index is 0.0924. The van der Waals surface area contributed by atoms with Crippen molar-refractivity contribution in [2.75, 3.05) is 6.61 Å². The van der Waals surface area contributed by atoms with Crippen molar-refractivity contribution in [3.63, 3.8) is 0 Å². The summed E-state index contributed by atoms with van der Waals surface area (Å²) in [7, 11) is 0. The molecule has 2 rings (SSSR count). The van der Waals surface area contributed by atoms with Gasteiger partial charge in [-0.25, -0.2) is 0 Å². The Balaban J connectivity index is 2.10. The number of nitrogens with two attached hydrogens (primary N) is 1. The molecule has 0 heterocycles. The van der Waals surface area contributed by atoms with E-state index < -0.39 is 11.5 Å². The fraction of sp³-hybridized carbons (Fsp3) is 0.462. The second-order valence-electron chi connectivity index (χ2n) is 4.52. The zero-order valence-corrected chi connectivity index (χ0v) is 9.85. The van der Waals surface area contributed by atoms with Gasteiger partial charge in [0.1, 0.15) is 11.3 Å². The third kappa shape index (κ3) is 2.26. The first kappa shape index (κ1) is 11.9. The predicted molar refractivity (Wildman–Crippen MR) is 64.1 cm³/mol. The topological polar surface area (TPSA) is 72.5 Å². The Labute approximate surface area is 100 Å². The second-order valence-corrected chi connectivity index (χ2v) is 4.52. The molecule has 0 aromatic heterocycles. The highest BCUT2D eigenvalue weighted by atomic mass is 16.5. The zero-order valence-electron chi connectivity index (χ0n) is 9.85. The van der Waals surface area contributed by atoms with E-state index in [0.29, 0.717) is 13.0 Å². The van der Waals surface area contributed by atoms with Gasteiger partial charge in [-0.1, -0.05) is 19.1 Å². The molecule has 0 amide bonds. The van der Waals surface area contributed by atoms with Crippen LogP contribution in [0, 0.1) is 0 Å². The summed E-state index contributed by atoms with van der Waals surface area (Å²) < 4.78 is 5.51. The molecule has 0 bridgehead atoms. The number of carbonyl (C=O) groups is 1. The standard InChI is InChI=1S/C13H17NO3/c1-2-6-17-10-5-3-4-9(7-10)11-8-13(11,14)12(15)16/h3-5,7,11H,2,6,8,14H2,1H3,(H,15,16). The Morgan fingerprint density at radius 2 is 2.41 bits per heavy atom. The average molecular weight is 235 g/mol. The minimum Gasteiger partial charge on any atom is -0.494 e. The monoisotopic (exact) mass is 235 g/mol. The zero-order chi connectivity index (χ0) is 12.5. The summed E-state index contributed by atoms with van der Waals surface area (Å²) in [6.45, 7) is 2.71. The number of carboxylic acid groups (broad SMARTS) is 1. The first-order valence-corrected chi connectivity index (χ1v) is 5.83. The molecule has 1 aliphatic carbocycles. The molecule has 0 saturated heterocycles. The summed E-state index contributed by atoms with van der Waals surface area (Å²) >= 11 is 0. The molecule has 1 saturated carbocycles. The van der Waals surface area contributed by atoms with Gasteiger partial charge in [0.2, 0.25) is 0 Å².